The van der Waals surface area contributed by atoms with E-state index in [2.05, 4.69) is 56.5 Å². The molecule has 1 aromatic heterocycles. The average molecular weight is 353 g/mol. The Labute approximate surface area is 155 Å². The van der Waals surface area contributed by atoms with Gasteiger partial charge in [-0.15, -0.1) is 10.2 Å². The summed E-state index contributed by atoms with van der Waals surface area (Å²) in [5.41, 5.74) is 2.56. The van der Waals surface area contributed by atoms with Gasteiger partial charge in [-0.05, 0) is 42.7 Å². The minimum atomic E-state index is -0.0196. The number of anilines is 3. The van der Waals surface area contributed by atoms with Crippen molar-refractivity contribution in [1.82, 2.24) is 10.2 Å². The molecule has 1 amide bonds. The molecule has 6 heteroatoms. The summed E-state index contributed by atoms with van der Waals surface area (Å²) in [6.07, 6.45) is 0.490. The van der Waals surface area contributed by atoms with Crippen molar-refractivity contribution < 1.29 is 4.79 Å². The molecule has 1 saturated heterocycles. The van der Waals surface area contributed by atoms with Gasteiger partial charge in [-0.3, -0.25) is 4.79 Å². The van der Waals surface area contributed by atoms with Gasteiger partial charge in [0.15, 0.2) is 11.6 Å². The number of aryl methyl sites for hydroxylation is 1. The van der Waals surface area contributed by atoms with Crippen molar-refractivity contribution in [3.05, 3.63) is 42.0 Å². The molecule has 26 heavy (non-hydrogen) atoms. The second kappa shape index (κ2) is 8.17. The molecular formula is C20H27N5O. The van der Waals surface area contributed by atoms with E-state index in [4.69, 9.17) is 0 Å². The van der Waals surface area contributed by atoms with Crippen LogP contribution in [-0.2, 0) is 4.79 Å². The Kier molecular flexibility index (Phi) is 5.71. The van der Waals surface area contributed by atoms with Crippen LogP contribution in [0.25, 0.3) is 0 Å². The minimum Gasteiger partial charge on any atom is -0.368 e. The van der Waals surface area contributed by atoms with Crippen LogP contribution in [0.2, 0.25) is 0 Å². The molecule has 3 rings (SSSR count). The SMILES string of the molecule is Cc1cccc(N2CCN(c3ccc(NC(=O)CC(C)C)nn3)CC2)c1. The first-order chi connectivity index (χ1) is 12.5. The van der Waals surface area contributed by atoms with Crippen molar-refractivity contribution >= 4 is 23.2 Å². The van der Waals surface area contributed by atoms with Crippen LogP contribution >= 0.6 is 0 Å². The lowest BCUT2D eigenvalue weighted by atomic mass is 10.1. The zero-order valence-electron chi connectivity index (χ0n) is 15.8. The number of piperazine rings is 1. The predicted octanol–water partition coefficient (Wildman–Crippen LogP) is 3.10. The van der Waals surface area contributed by atoms with Gasteiger partial charge in [-0.25, -0.2) is 0 Å². The highest BCUT2D eigenvalue weighted by molar-refractivity contribution is 5.89. The highest BCUT2D eigenvalue weighted by atomic mass is 16.1. The standard InChI is InChI=1S/C20H27N5O/c1-15(2)13-20(26)21-18-7-8-19(23-22-18)25-11-9-24(10-12-25)17-6-4-5-16(3)14-17/h4-8,14-15H,9-13H2,1-3H3,(H,21,22,26). The van der Waals surface area contributed by atoms with Crippen molar-refractivity contribution in [3.8, 4) is 0 Å². The fourth-order valence-electron chi connectivity index (χ4n) is 3.14. The van der Waals surface area contributed by atoms with Crippen molar-refractivity contribution in [1.29, 1.82) is 0 Å². The van der Waals surface area contributed by atoms with E-state index >= 15 is 0 Å². The number of amides is 1. The molecule has 6 nitrogen and oxygen atoms in total. The topological polar surface area (TPSA) is 61.4 Å². The summed E-state index contributed by atoms with van der Waals surface area (Å²) in [6, 6.07) is 12.4. The van der Waals surface area contributed by atoms with Crippen LogP contribution in [0.3, 0.4) is 0 Å². The molecule has 1 aliphatic heterocycles. The maximum absolute atomic E-state index is 11.8. The second-order valence-corrected chi connectivity index (χ2v) is 7.24. The van der Waals surface area contributed by atoms with Gasteiger partial charge in [0.25, 0.3) is 0 Å². The van der Waals surface area contributed by atoms with Gasteiger partial charge in [-0.1, -0.05) is 26.0 Å². The first-order valence-corrected chi connectivity index (χ1v) is 9.21. The molecule has 0 bridgehead atoms. The van der Waals surface area contributed by atoms with Crippen LogP contribution in [-0.4, -0.2) is 42.3 Å². The van der Waals surface area contributed by atoms with Gasteiger partial charge in [0.2, 0.25) is 5.91 Å². The lowest BCUT2D eigenvalue weighted by molar-refractivity contribution is -0.116. The maximum atomic E-state index is 11.8. The summed E-state index contributed by atoms with van der Waals surface area (Å²) in [5, 5.41) is 11.2. The Hall–Kier alpha value is -2.63. The van der Waals surface area contributed by atoms with Gasteiger partial charge in [-0.2, -0.15) is 0 Å². The van der Waals surface area contributed by atoms with E-state index in [0.717, 1.165) is 32.0 Å². The van der Waals surface area contributed by atoms with Gasteiger partial charge < -0.3 is 15.1 Å². The first kappa shape index (κ1) is 18.2. The van der Waals surface area contributed by atoms with E-state index in [-0.39, 0.29) is 5.91 Å². The molecule has 0 aliphatic carbocycles. The molecule has 138 valence electrons. The van der Waals surface area contributed by atoms with E-state index in [1.54, 1.807) is 0 Å². The van der Waals surface area contributed by atoms with Crippen LogP contribution < -0.4 is 15.1 Å². The Balaban J connectivity index is 1.55. The Morgan fingerprint density at radius 2 is 1.81 bits per heavy atom. The van der Waals surface area contributed by atoms with Crippen LogP contribution in [0.15, 0.2) is 36.4 Å². The van der Waals surface area contributed by atoms with E-state index in [1.807, 2.05) is 26.0 Å². The summed E-state index contributed by atoms with van der Waals surface area (Å²) in [4.78, 5) is 16.4. The molecule has 0 unspecified atom stereocenters. The monoisotopic (exact) mass is 353 g/mol. The average Bonchev–Trinajstić information content (AvgIpc) is 2.62. The molecule has 0 spiro atoms. The minimum absolute atomic E-state index is 0.0196. The summed E-state index contributed by atoms with van der Waals surface area (Å²) in [6.45, 7) is 9.88. The van der Waals surface area contributed by atoms with Crippen LogP contribution in [0, 0.1) is 12.8 Å². The van der Waals surface area contributed by atoms with Crippen LogP contribution in [0.4, 0.5) is 17.3 Å². The normalized spacial score (nSPS) is 14.6. The zero-order valence-corrected chi connectivity index (χ0v) is 15.8. The number of rotatable bonds is 5. The lowest BCUT2D eigenvalue weighted by Gasteiger charge is -2.36. The zero-order chi connectivity index (χ0) is 18.5. The van der Waals surface area contributed by atoms with Crippen molar-refractivity contribution in [2.45, 2.75) is 27.2 Å². The van der Waals surface area contributed by atoms with Crippen molar-refractivity contribution in [2.75, 3.05) is 41.3 Å². The Morgan fingerprint density at radius 1 is 1.08 bits per heavy atom. The third kappa shape index (κ3) is 4.71. The smallest absolute Gasteiger partial charge is 0.225 e. The van der Waals surface area contributed by atoms with E-state index in [0.29, 0.717) is 18.2 Å². The maximum Gasteiger partial charge on any atom is 0.225 e. The summed E-state index contributed by atoms with van der Waals surface area (Å²) >= 11 is 0. The first-order valence-electron chi connectivity index (χ1n) is 9.21. The molecule has 1 fully saturated rings. The van der Waals surface area contributed by atoms with E-state index in [1.165, 1.54) is 11.3 Å². The molecule has 1 aromatic carbocycles. The number of carbonyl (C=O) groups excluding carboxylic acids is 1. The summed E-state index contributed by atoms with van der Waals surface area (Å²) in [7, 11) is 0. The predicted molar refractivity (Wildman–Crippen MR) is 106 cm³/mol. The third-order valence-electron chi connectivity index (χ3n) is 4.48. The number of benzene rings is 1. The fraction of sp³-hybridized carbons (Fsp3) is 0.450. The van der Waals surface area contributed by atoms with Crippen LogP contribution in [0.1, 0.15) is 25.8 Å². The quantitative estimate of drug-likeness (QED) is 0.895. The highest BCUT2D eigenvalue weighted by Gasteiger charge is 2.19. The number of nitrogens with one attached hydrogen (secondary N) is 1. The second-order valence-electron chi connectivity index (χ2n) is 7.24. The van der Waals surface area contributed by atoms with Gasteiger partial charge in [0.05, 0.1) is 0 Å². The largest absolute Gasteiger partial charge is 0.368 e. The lowest BCUT2D eigenvalue weighted by Crippen LogP contribution is -2.46. The highest BCUT2D eigenvalue weighted by Crippen LogP contribution is 2.20. The molecule has 0 saturated carbocycles. The van der Waals surface area contributed by atoms with Crippen molar-refractivity contribution in [2.24, 2.45) is 5.92 Å². The number of carbonyl (C=O) groups is 1. The van der Waals surface area contributed by atoms with Gasteiger partial charge in [0, 0.05) is 38.3 Å². The molecule has 0 atom stereocenters. The number of nitrogens with zero attached hydrogens (tertiary/aromatic N) is 4. The summed E-state index contributed by atoms with van der Waals surface area (Å²) in [5.74, 6) is 1.68. The Morgan fingerprint density at radius 3 is 2.42 bits per heavy atom. The third-order valence-corrected chi connectivity index (χ3v) is 4.48. The van der Waals surface area contributed by atoms with E-state index in [9.17, 15) is 4.79 Å². The van der Waals surface area contributed by atoms with Gasteiger partial charge >= 0.3 is 0 Å². The van der Waals surface area contributed by atoms with Crippen LogP contribution in [0.5, 0.6) is 0 Å². The molecule has 2 aromatic rings. The molecule has 1 aliphatic rings. The Bertz CT molecular complexity index is 736. The number of hydrogen-bond donors (Lipinski definition) is 1. The van der Waals surface area contributed by atoms with Crippen molar-refractivity contribution in [3.63, 3.8) is 0 Å². The molecule has 1 N–H and O–H groups in total. The summed E-state index contributed by atoms with van der Waals surface area (Å²) < 4.78 is 0. The molecular weight excluding hydrogens is 326 g/mol. The number of hydrogen-bond acceptors (Lipinski definition) is 5. The van der Waals surface area contributed by atoms with Gasteiger partial charge in [0.1, 0.15) is 0 Å². The number of aromatic nitrogens is 2. The van der Waals surface area contributed by atoms with E-state index < -0.39 is 0 Å². The fourth-order valence-corrected chi connectivity index (χ4v) is 3.14. The molecule has 0 radical (unpaired) electrons. The molecule has 2 heterocycles.